The van der Waals surface area contributed by atoms with Crippen LogP contribution in [0.15, 0.2) is 132 Å². The predicted octanol–water partition coefficient (Wildman–Crippen LogP) is 6.75. The summed E-state index contributed by atoms with van der Waals surface area (Å²) in [7, 11) is 0. The lowest BCUT2D eigenvalue weighted by atomic mass is 10.0. The molecule has 3 fully saturated rings. The quantitative estimate of drug-likeness (QED) is 0.0167. The summed E-state index contributed by atoms with van der Waals surface area (Å²) in [5.41, 5.74) is 1.48. The summed E-state index contributed by atoms with van der Waals surface area (Å²) >= 11 is 1.95. The highest BCUT2D eigenvalue weighted by molar-refractivity contribution is 8.02. The van der Waals surface area contributed by atoms with Gasteiger partial charge in [-0.3, -0.25) is 24.8 Å². The number of oxime groups is 1. The number of hydrogen-bond acceptors (Lipinski definition) is 15. The number of thiazole rings is 1. The molecule has 70 heavy (non-hydrogen) atoms. The molecule has 5 aromatic rings. The Hall–Kier alpha value is -7.29. The number of β-lactam (4-membered cyclic amide) rings is 1. The van der Waals surface area contributed by atoms with Crippen molar-refractivity contribution in [2.45, 2.75) is 80.7 Å². The van der Waals surface area contributed by atoms with Crippen LogP contribution in [0.4, 0.5) is 14.7 Å². The zero-order chi connectivity index (χ0) is 49.6. The number of esters is 2. The molecule has 0 unspecified atom stereocenters. The van der Waals surface area contributed by atoms with Crippen LogP contribution in [0.25, 0.3) is 0 Å². The minimum Gasteiger partial charge on any atom is -0.450 e. The predicted molar refractivity (Wildman–Crippen MR) is 261 cm³/mol. The molecule has 0 radical (unpaired) electrons. The van der Waals surface area contributed by atoms with Crippen molar-refractivity contribution in [1.29, 1.82) is 0 Å². The van der Waals surface area contributed by atoms with E-state index in [-0.39, 0.29) is 36.9 Å². The van der Waals surface area contributed by atoms with E-state index in [1.807, 2.05) is 128 Å². The Balaban J connectivity index is 1.07. The molecule has 0 spiro atoms. The summed E-state index contributed by atoms with van der Waals surface area (Å²) in [4.78, 5) is 95.1. The van der Waals surface area contributed by atoms with Gasteiger partial charge in [0.1, 0.15) is 22.7 Å². The molecule has 0 bridgehead atoms. The molecule has 364 valence electrons. The molecule has 3 aliphatic rings. The van der Waals surface area contributed by atoms with E-state index < -0.39 is 81.8 Å². The number of ether oxygens (including phenoxy) is 3. The van der Waals surface area contributed by atoms with Crippen molar-refractivity contribution in [3.05, 3.63) is 155 Å². The maximum atomic E-state index is 14.8. The number of nitrogens with two attached hydrogens (primary N) is 1. The molecule has 18 nitrogen and oxygen atoms in total. The minimum absolute atomic E-state index is 0.0527. The number of hydrogen-bond donors (Lipinski definition) is 3. The van der Waals surface area contributed by atoms with Gasteiger partial charge in [-0.1, -0.05) is 152 Å². The molecule has 3 saturated heterocycles. The minimum atomic E-state index is -1.77. The molecule has 4 heterocycles. The van der Waals surface area contributed by atoms with Gasteiger partial charge in [0.25, 0.3) is 5.91 Å². The molecule has 4 atom stereocenters. The molecule has 20 heteroatoms. The second-order valence-corrected chi connectivity index (χ2v) is 19.8. The fourth-order valence-corrected chi connectivity index (χ4v) is 10.4. The average Bonchev–Trinajstić information content (AvgIpc) is 4.07. The second kappa shape index (κ2) is 21.1. The van der Waals surface area contributed by atoms with Gasteiger partial charge < -0.3 is 29.3 Å². The van der Waals surface area contributed by atoms with Gasteiger partial charge in [-0.15, -0.1) is 11.3 Å². The maximum Gasteiger partial charge on any atom is 0.413 e. The number of nitrogens with one attached hydrogen (secondary N) is 2. The topological polar surface area (TPSA) is 224 Å². The maximum absolute atomic E-state index is 14.8. The number of aromatic nitrogens is 1. The number of urea groups is 1. The number of nitrogens with zero attached hydrogens (tertiary/aromatic N) is 5. The van der Waals surface area contributed by atoms with Gasteiger partial charge in [-0.2, -0.15) is 0 Å². The SMILES string of the molecule is CCC[C@H](O/N=C(\C(=O)N[C@@H]1C(=O)N2C[C@@](C(=O)OC(c3ccccc3)c3ccccc3)(N3CCN(N)C3=O)S[C@H]12)c1csc(NC(=O)OC(C)(C)C)n1)C(=O)OC(c1ccccc1)c1ccccc1. The Morgan fingerprint density at radius 3 is 1.87 bits per heavy atom. The Morgan fingerprint density at radius 1 is 0.829 bits per heavy atom. The number of anilines is 1. The van der Waals surface area contributed by atoms with Crippen molar-refractivity contribution in [3.63, 3.8) is 0 Å². The van der Waals surface area contributed by atoms with Crippen molar-refractivity contribution in [2.24, 2.45) is 11.0 Å². The first-order valence-corrected chi connectivity index (χ1v) is 24.4. The molecular formula is C50H52N8O10S2. The number of benzene rings is 4. The summed E-state index contributed by atoms with van der Waals surface area (Å²) < 4.78 is 17.8. The van der Waals surface area contributed by atoms with Crippen molar-refractivity contribution >= 4 is 69.8 Å². The first kappa shape index (κ1) is 49.1. The summed E-state index contributed by atoms with van der Waals surface area (Å²) in [5, 5.41) is 11.1. The van der Waals surface area contributed by atoms with Crippen LogP contribution in [-0.4, -0.2) is 109 Å². The van der Waals surface area contributed by atoms with Crippen LogP contribution in [0.2, 0.25) is 0 Å². The number of thioether (sulfide) groups is 1. The highest BCUT2D eigenvalue weighted by Gasteiger charge is 2.67. The first-order valence-electron chi connectivity index (χ1n) is 22.6. The lowest BCUT2D eigenvalue weighted by molar-refractivity contribution is -0.162. The average molecular weight is 989 g/mol. The summed E-state index contributed by atoms with van der Waals surface area (Å²) in [5.74, 6) is 3.03. The molecular weight excluding hydrogens is 937 g/mol. The second-order valence-electron chi connectivity index (χ2n) is 17.6. The monoisotopic (exact) mass is 988 g/mol. The third-order valence-electron chi connectivity index (χ3n) is 11.4. The van der Waals surface area contributed by atoms with Crippen molar-refractivity contribution in [2.75, 3.05) is 25.0 Å². The van der Waals surface area contributed by atoms with Crippen LogP contribution in [-0.2, 0) is 38.2 Å². The Bertz CT molecular complexity index is 2650. The van der Waals surface area contributed by atoms with Crippen LogP contribution in [0.1, 0.15) is 80.7 Å². The summed E-state index contributed by atoms with van der Waals surface area (Å²) in [6.07, 6.45) is -3.15. The van der Waals surface area contributed by atoms with Crippen molar-refractivity contribution in [1.82, 2.24) is 25.1 Å². The van der Waals surface area contributed by atoms with E-state index in [1.165, 1.54) is 15.2 Å². The molecule has 0 saturated carbocycles. The fraction of sp³-hybridized carbons (Fsp3) is 0.320. The molecule has 5 amide bonds. The zero-order valence-electron chi connectivity index (χ0n) is 38.8. The van der Waals surface area contributed by atoms with Crippen molar-refractivity contribution in [3.8, 4) is 0 Å². The van der Waals surface area contributed by atoms with Crippen molar-refractivity contribution < 1.29 is 47.8 Å². The van der Waals surface area contributed by atoms with Gasteiger partial charge in [0, 0.05) is 11.9 Å². The highest BCUT2D eigenvalue weighted by atomic mass is 32.2. The number of hydrazine groups is 1. The van der Waals surface area contributed by atoms with E-state index in [4.69, 9.17) is 24.9 Å². The van der Waals surface area contributed by atoms with Gasteiger partial charge in [-0.25, -0.2) is 30.0 Å². The van der Waals surface area contributed by atoms with E-state index in [0.29, 0.717) is 17.5 Å². The fourth-order valence-electron chi connectivity index (χ4n) is 8.08. The lowest BCUT2D eigenvalue weighted by Gasteiger charge is -2.41. The third-order valence-corrected chi connectivity index (χ3v) is 13.9. The number of fused-ring (bicyclic) bond motifs is 1. The van der Waals surface area contributed by atoms with E-state index in [9.17, 15) is 28.8 Å². The molecule has 3 aliphatic heterocycles. The Labute approximate surface area is 412 Å². The standard InChI is InChI=1S/C50H52N8O10S2/c1-5-18-36(44(61)65-39(31-19-10-6-11-20-31)32-21-12-7-13-22-32)68-55-37(35-29-69-46(52-35)54-47(63)67-49(2,3)4)41(59)53-38-42(60)56-30-50(70-43(38)56,57-27-28-58(51)48(57)64)45(62)66-40(33-23-14-8-15-24-33)34-25-16-9-17-26-34/h6-17,19-26,29,36,38-40,43H,5,18,27-28,30,51H2,1-4H3,(H,53,59)(H,52,54,63)/b55-37-/t36-,38+,43+,50+/m0/s1. The largest absolute Gasteiger partial charge is 0.450 e. The highest BCUT2D eigenvalue weighted by Crippen LogP contribution is 2.51. The number of carbonyl (C=O) groups is 6. The van der Waals surface area contributed by atoms with Gasteiger partial charge in [-0.05, 0) is 49.4 Å². The molecule has 4 N–H and O–H groups in total. The Kier molecular flexibility index (Phi) is 14.8. The summed E-state index contributed by atoms with van der Waals surface area (Å²) in [6.45, 7) is 6.85. The van der Waals surface area contributed by atoms with E-state index in [2.05, 4.69) is 20.8 Å². The van der Waals surface area contributed by atoms with E-state index in [1.54, 1.807) is 20.8 Å². The van der Waals surface area contributed by atoms with Gasteiger partial charge in [0.15, 0.2) is 23.1 Å². The van der Waals surface area contributed by atoms with E-state index >= 15 is 0 Å². The van der Waals surface area contributed by atoms with Gasteiger partial charge in [0.2, 0.25) is 16.9 Å². The first-order chi connectivity index (χ1) is 33.7. The normalized spacial score (nSPS) is 19.4. The van der Waals surface area contributed by atoms with E-state index in [0.717, 1.165) is 39.2 Å². The van der Waals surface area contributed by atoms with Gasteiger partial charge >= 0.3 is 24.1 Å². The van der Waals surface area contributed by atoms with Crippen LogP contribution < -0.4 is 16.5 Å². The van der Waals surface area contributed by atoms with Gasteiger partial charge in [0.05, 0.1) is 13.1 Å². The zero-order valence-corrected chi connectivity index (χ0v) is 40.4. The van der Waals surface area contributed by atoms with Crippen LogP contribution in [0, 0.1) is 0 Å². The smallest absolute Gasteiger partial charge is 0.413 e. The summed E-state index contributed by atoms with van der Waals surface area (Å²) in [6, 6.07) is 34.8. The molecule has 4 aromatic carbocycles. The van der Waals surface area contributed by atoms with Crippen LogP contribution in [0.5, 0.6) is 0 Å². The van der Waals surface area contributed by atoms with Crippen LogP contribution in [0.3, 0.4) is 0 Å². The molecule has 0 aliphatic carbocycles. The third kappa shape index (κ3) is 10.8. The number of rotatable bonds is 17. The molecule has 8 rings (SSSR count). The number of carbonyl (C=O) groups excluding carboxylic acids is 6. The molecule has 1 aromatic heterocycles. The lowest BCUT2D eigenvalue weighted by Crippen LogP contribution is -2.68. The Morgan fingerprint density at radius 2 is 1.37 bits per heavy atom. The van der Waals surface area contributed by atoms with Crippen LogP contribution >= 0.6 is 23.1 Å². The number of amides is 5.